The molecule has 4 nitrogen and oxygen atoms in total. The van der Waals surface area contributed by atoms with Crippen molar-refractivity contribution in [1.29, 1.82) is 0 Å². The van der Waals surface area contributed by atoms with Crippen LogP contribution in [-0.4, -0.2) is 28.6 Å². The van der Waals surface area contributed by atoms with Crippen LogP contribution >= 0.6 is 39.9 Å². The van der Waals surface area contributed by atoms with Crippen LogP contribution in [0.1, 0.15) is 0 Å². The standard InChI is InChI=1S/C9H12BrClN2O2S.ClH/c1-12-4-5-13-16(14,15)9-6-7(10)2-3-8(9)11;/h2-3,6,12-13H,4-5H2,1H3;1H. The number of hydrogen-bond donors (Lipinski definition) is 2. The number of nitrogens with one attached hydrogen (secondary N) is 2. The minimum Gasteiger partial charge on any atom is -0.318 e. The Morgan fingerprint density at radius 2 is 2.00 bits per heavy atom. The van der Waals surface area contributed by atoms with Crippen molar-refractivity contribution in [3.63, 3.8) is 0 Å². The molecule has 0 aliphatic heterocycles. The van der Waals surface area contributed by atoms with Crippen LogP contribution in [0.2, 0.25) is 5.02 Å². The second-order valence-electron chi connectivity index (χ2n) is 3.08. The van der Waals surface area contributed by atoms with Crippen molar-refractivity contribution in [2.24, 2.45) is 0 Å². The molecule has 2 N–H and O–H groups in total. The predicted molar refractivity (Wildman–Crippen MR) is 75.5 cm³/mol. The molecule has 8 heteroatoms. The smallest absolute Gasteiger partial charge is 0.242 e. The van der Waals surface area contributed by atoms with E-state index in [-0.39, 0.29) is 22.3 Å². The van der Waals surface area contributed by atoms with Gasteiger partial charge in [-0.3, -0.25) is 0 Å². The Labute approximate surface area is 121 Å². The number of rotatable bonds is 5. The van der Waals surface area contributed by atoms with Crippen LogP contribution in [0, 0.1) is 0 Å². The fraction of sp³-hybridized carbons (Fsp3) is 0.333. The van der Waals surface area contributed by atoms with Gasteiger partial charge in [0.25, 0.3) is 0 Å². The Balaban J connectivity index is 0.00000256. The summed E-state index contributed by atoms with van der Waals surface area (Å²) in [5, 5.41) is 3.06. The molecule has 1 aromatic carbocycles. The van der Waals surface area contributed by atoms with Crippen LogP contribution in [-0.2, 0) is 10.0 Å². The van der Waals surface area contributed by atoms with Crippen molar-refractivity contribution in [2.75, 3.05) is 20.1 Å². The molecular formula is C9H13BrCl2N2O2S. The van der Waals surface area contributed by atoms with Gasteiger partial charge in [0.05, 0.1) is 5.02 Å². The van der Waals surface area contributed by atoms with Crippen molar-refractivity contribution in [3.8, 4) is 0 Å². The minimum atomic E-state index is -3.54. The summed E-state index contributed by atoms with van der Waals surface area (Å²) in [4.78, 5) is 0.0830. The third-order valence-corrected chi connectivity index (χ3v) is 4.29. The molecule has 0 saturated heterocycles. The Kier molecular flexibility index (Phi) is 7.62. The largest absolute Gasteiger partial charge is 0.318 e. The molecule has 98 valence electrons. The van der Waals surface area contributed by atoms with Crippen LogP contribution in [0.5, 0.6) is 0 Å². The first-order chi connectivity index (χ1) is 7.47. The first kappa shape index (κ1) is 17.2. The van der Waals surface area contributed by atoms with Gasteiger partial charge in [-0.25, -0.2) is 13.1 Å². The molecule has 0 heterocycles. The summed E-state index contributed by atoms with van der Waals surface area (Å²) >= 11 is 9.05. The molecule has 0 radical (unpaired) electrons. The maximum atomic E-state index is 11.8. The second kappa shape index (κ2) is 7.56. The second-order valence-corrected chi connectivity index (χ2v) is 6.13. The Morgan fingerprint density at radius 3 is 2.59 bits per heavy atom. The van der Waals surface area contributed by atoms with E-state index in [9.17, 15) is 8.42 Å². The topological polar surface area (TPSA) is 58.2 Å². The van der Waals surface area contributed by atoms with E-state index >= 15 is 0 Å². The monoisotopic (exact) mass is 362 g/mol. The molecule has 1 rings (SSSR count). The molecule has 0 fully saturated rings. The Morgan fingerprint density at radius 1 is 1.35 bits per heavy atom. The fourth-order valence-electron chi connectivity index (χ4n) is 1.07. The SMILES string of the molecule is CNCCNS(=O)(=O)c1cc(Br)ccc1Cl.Cl. The average molecular weight is 364 g/mol. The lowest BCUT2D eigenvalue weighted by molar-refractivity contribution is 0.579. The van der Waals surface area contributed by atoms with E-state index in [4.69, 9.17) is 11.6 Å². The molecule has 0 aliphatic rings. The maximum Gasteiger partial charge on any atom is 0.242 e. The highest BCUT2D eigenvalue weighted by atomic mass is 79.9. The zero-order valence-corrected chi connectivity index (χ0v) is 13.0. The van der Waals surface area contributed by atoms with Crippen LogP contribution in [0.4, 0.5) is 0 Å². The highest BCUT2D eigenvalue weighted by molar-refractivity contribution is 9.10. The molecule has 0 spiro atoms. The van der Waals surface area contributed by atoms with Gasteiger partial charge in [-0.1, -0.05) is 27.5 Å². The molecule has 0 aliphatic carbocycles. The lowest BCUT2D eigenvalue weighted by Crippen LogP contribution is -2.30. The van der Waals surface area contributed by atoms with Gasteiger partial charge >= 0.3 is 0 Å². The van der Waals surface area contributed by atoms with Gasteiger partial charge in [0.1, 0.15) is 4.90 Å². The average Bonchev–Trinajstić information content (AvgIpc) is 2.22. The van der Waals surface area contributed by atoms with Gasteiger partial charge in [0.2, 0.25) is 10.0 Å². The lowest BCUT2D eigenvalue weighted by Gasteiger charge is -2.08. The third kappa shape index (κ3) is 5.11. The Hall–Kier alpha value is 0.150. The van der Waals surface area contributed by atoms with E-state index in [1.54, 1.807) is 13.1 Å². The van der Waals surface area contributed by atoms with Gasteiger partial charge in [0, 0.05) is 17.6 Å². The summed E-state index contributed by atoms with van der Waals surface area (Å²) in [5.74, 6) is 0. The van der Waals surface area contributed by atoms with Gasteiger partial charge in [-0.2, -0.15) is 0 Å². The first-order valence-corrected chi connectivity index (χ1v) is 7.22. The van der Waals surface area contributed by atoms with Gasteiger partial charge in [-0.15, -0.1) is 12.4 Å². The molecule has 0 bridgehead atoms. The molecule has 0 unspecified atom stereocenters. The lowest BCUT2D eigenvalue weighted by atomic mass is 10.4. The number of sulfonamides is 1. The molecule has 17 heavy (non-hydrogen) atoms. The number of likely N-dealkylation sites (N-methyl/N-ethyl adjacent to an activating group) is 1. The molecule has 0 aromatic heterocycles. The summed E-state index contributed by atoms with van der Waals surface area (Å²) in [5.41, 5.74) is 0. The first-order valence-electron chi connectivity index (χ1n) is 4.56. The van der Waals surface area contributed by atoms with E-state index in [2.05, 4.69) is 26.0 Å². The molecule has 0 atom stereocenters. The molecule has 0 amide bonds. The van der Waals surface area contributed by atoms with Crippen LogP contribution in [0.25, 0.3) is 0 Å². The third-order valence-electron chi connectivity index (χ3n) is 1.85. The quantitative estimate of drug-likeness (QED) is 0.787. The number of benzene rings is 1. The summed E-state index contributed by atoms with van der Waals surface area (Å²) in [6.07, 6.45) is 0. The zero-order chi connectivity index (χ0) is 12.2. The molecule has 0 saturated carbocycles. The van der Waals surface area contributed by atoms with Gasteiger partial charge in [-0.05, 0) is 25.2 Å². The maximum absolute atomic E-state index is 11.8. The highest BCUT2D eigenvalue weighted by Crippen LogP contribution is 2.24. The van der Waals surface area contributed by atoms with E-state index in [1.807, 2.05) is 0 Å². The van der Waals surface area contributed by atoms with Crippen molar-refractivity contribution < 1.29 is 8.42 Å². The molecular weight excluding hydrogens is 351 g/mol. The van der Waals surface area contributed by atoms with Gasteiger partial charge < -0.3 is 5.32 Å². The zero-order valence-electron chi connectivity index (χ0n) is 9.04. The van der Waals surface area contributed by atoms with Crippen LogP contribution in [0.15, 0.2) is 27.6 Å². The van der Waals surface area contributed by atoms with Crippen molar-refractivity contribution in [1.82, 2.24) is 10.0 Å². The van der Waals surface area contributed by atoms with Crippen LogP contribution in [0.3, 0.4) is 0 Å². The van der Waals surface area contributed by atoms with E-state index in [0.717, 1.165) is 0 Å². The van der Waals surface area contributed by atoms with E-state index < -0.39 is 10.0 Å². The number of halogens is 3. The number of hydrogen-bond acceptors (Lipinski definition) is 3. The van der Waals surface area contributed by atoms with E-state index in [1.165, 1.54) is 12.1 Å². The summed E-state index contributed by atoms with van der Waals surface area (Å²) in [7, 11) is -1.79. The summed E-state index contributed by atoms with van der Waals surface area (Å²) in [6.45, 7) is 0.881. The summed E-state index contributed by atoms with van der Waals surface area (Å²) in [6, 6.07) is 4.71. The van der Waals surface area contributed by atoms with Crippen molar-refractivity contribution >= 4 is 50.0 Å². The van der Waals surface area contributed by atoms with Crippen LogP contribution < -0.4 is 10.0 Å². The minimum absolute atomic E-state index is 0. The van der Waals surface area contributed by atoms with Crippen molar-refractivity contribution in [2.45, 2.75) is 4.90 Å². The van der Waals surface area contributed by atoms with Crippen molar-refractivity contribution in [3.05, 3.63) is 27.7 Å². The van der Waals surface area contributed by atoms with Gasteiger partial charge in [0.15, 0.2) is 0 Å². The highest BCUT2D eigenvalue weighted by Gasteiger charge is 2.17. The normalized spacial score (nSPS) is 11.0. The summed E-state index contributed by atoms with van der Waals surface area (Å²) < 4.78 is 26.8. The fourth-order valence-corrected chi connectivity index (χ4v) is 3.14. The Bertz CT molecular complexity index is 468. The van der Waals surface area contributed by atoms with E-state index in [0.29, 0.717) is 17.6 Å². The molecule has 1 aromatic rings. The predicted octanol–water partition coefficient (Wildman–Crippen LogP) is 2.02.